The summed E-state index contributed by atoms with van der Waals surface area (Å²) in [6.45, 7) is 0. The van der Waals surface area contributed by atoms with Crippen molar-refractivity contribution in [1.82, 2.24) is 9.55 Å². The summed E-state index contributed by atoms with van der Waals surface area (Å²) in [7, 11) is 1.60. The molecule has 114 valence electrons. The van der Waals surface area contributed by atoms with Crippen molar-refractivity contribution in [3.05, 3.63) is 84.5 Å². The number of carbonyl (C=O) groups excluding carboxylic acids is 1. The van der Waals surface area contributed by atoms with Crippen LogP contribution in [0.1, 0.15) is 15.9 Å². The fourth-order valence-corrected chi connectivity index (χ4v) is 2.19. The van der Waals surface area contributed by atoms with E-state index >= 15 is 0 Å². The quantitative estimate of drug-likeness (QED) is 0.532. The lowest BCUT2D eigenvalue weighted by atomic mass is 10.1. The first-order chi connectivity index (χ1) is 11.3. The summed E-state index contributed by atoms with van der Waals surface area (Å²) in [5.41, 5.74) is 2.63. The molecule has 1 aromatic heterocycles. The smallest absolute Gasteiger partial charge is 0.185 e. The SMILES string of the molecule is COc1ccc(C(=O)/C=C/c2ccc(-n3ccnc3)cc2)cc1. The summed E-state index contributed by atoms with van der Waals surface area (Å²) in [4.78, 5) is 16.2. The lowest BCUT2D eigenvalue weighted by Gasteiger charge is -2.02. The molecule has 0 saturated heterocycles. The maximum absolute atomic E-state index is 12.1. The minimum atomic E-state index is -0.0358. The number of aromatic nitrogens is 2. The van der Waals surface area contributed by atoms with Crippen molar-refractivity contribution < 1.29 is 9.53 Å². The highest BCUT2D eigenvalue weighted by atomic mass is 16.5. The number of rotatable bonds is 5. The monoisotopic (exact) mass is 304 g/mol. The number of methoxy groups -OCH3 is 1. The Labute approximate surface area is 134 Å². The molecule has 0 unspecified atom stereocenters. The van der Waals surface area contributed by atoms with Crippen LogP contribution in [-0.2, 0) is 0 Å². The molecule has 0 fully saturated rings. The number of imidazole rings is 1. The zero-order chi connectivity index (χ0) is 16.1. The second-order valence-electron chi connectivity index (χ2n) is 4.99. The van der Waals surface area contributed by atoms with Gasteiger partial charge in [0.15, 0.2) is 5.78 Å². The van der Waals surface area contributed by atoms with Crippen LogP contribution < -0.4 is 4.74 Å². The van der Waals surface area contributed by atoms with Crippen LogP contribution >= 0.6 is 0 Å². The first-order valence-corrected chi connectivity index (χ1v) is 7.21. The molecule has 1 heterocycles. The van der Waals surface area contributed by atoms with E-state index in [0.717, 1.165) is 17.0 Å². The molecule has 0 N–H and O–H groups in total. The van der Waals surface area contributed by atoms with Crippen LogP contribution in [0, 0.1) is 0 Å². The number of ketones is 1. The molecule has 0 aliphatic rings. The molecule has 0 aliphatic heterocycles. The molecule has 0 bridgehead atoms. The topological polar surface area (TPSA) is 44.1 Å². The van der Waals surface area contributed by atoms with E-state index in [4.69, 9.17) is 4.74 Å². The van der Waals surface area contributed by atoms with Crippen LogP contribution in [-0.4, -0.2) is 22.4 Å². The summed E-state index contributed by atoms with van der Waals surface area (Å²) in [5.74, 6) is 0.701. The third-order valence-corrected chi connectivity index (χ3v) is 3.50. The Balaban J connectivity index is 1.70. The molecule has 0 spiro atoms. The predicted molar refractivity (Wildman–Crippen MR) is 89.9 cm³/mol. The van der Waals surface area contributed by atoms with Crippen molar-refractivity contribution in [2.45, 2.75) is 0 Å². The molecule has 2 aromatic carbocycles. The summed E-state index contributed by atoms with van der Waals surface area (Å²) in [6.07, 6.45) is 8.76. The van der Waals surface area contributed by atoms with E-state index in [1.807, 2.05) is 41.1 Å². The molecule has 0 saturated carbocycles. The minimum absolute atomic E-state index is 0.0358. The van der Waals surface area contributed by atoms with Gasteiger partial charge in [-0.2, -0.15) is 0 Å². The standard InChI is InChI=1S/C19H16N2O2/c1-23-18-9-5-16(6-10-18)19(22)11-4-15-2-7-17(8-3-15)21-13-12-20-14-21/h2-14H,1H3/b11-4+. The summed E-state index contributed by atoms with van der Waals surface area (Å²) >= 11 is 0. The van der Waals surface area contributed by atoms with E-state index in [1.165, 1.54) is 0 Å². The van der Waals surface area contributed by atoms with Crippen molar-refractivity contribution in [3.63, 3.8) is 0 Å². The molecule has 4 heteroatoms. The number of hydrogen-bond acceptors (Lipinski definition) is 3. The highest BCUT2D eigenvalue weighted by Gasteiger charge is 2.02. The second-order valence-corrected chi connectivity index (χ2v) is 4.99. The van der Waals surface area contributed by atoms with Gasteiger partial charge in [-0.1, -0.05) is 18.2 Å². The molecule has 0 aliphatic carbocycles. The largest absolute Gasteiger partial charge is 0.497 e. The van der Waals surface area contributed by atoms with Crippen molar-refractivity contribution in [2.24, 2.45) is 0 Å². The van der Waals surface area contributed by atoms with Crippen molar-refractivity contribution in [2.75, 3.05) is 7.11 Å². The molecule has 4 nitrogen and oxygen atoms in total. The van der Waals surface area contributed by atoms with Crippen molar-refractivity contribution >= 4 is 11.9 Å². The Morgan fingerprint density at radius 1 is 1.09 bits per heavy atom. The maximum Gasteiger partial charge on any atom is 0.185 e. The molecule has 0 amide bonds. The fraction of sp³-hybridized carbons (Fsp3) is 0.0526. The van der Waals surface area contributed by atoms with Gasteiger partial charge in [-0.3, -0.25) is 4.79 Å². The highest BCUT2D eigenvalue weighted by molar-refractivity contribution is 6.06. The first kappa shape index (κ1) is 14.8. The van der Waals surface area contributed by atoms with E-state index in [2.05, 4.69) is 4.98 Å². The Bertz CT molecular complexity index is 802. The number of hydrogen-bond donors (Lipinski definition) is 0. The predicted octanol–water partition coefficient (Wildman–Crippen LogP) is 3.78. The van der Waals surface area contributed by atoms with Crippen LogP contribution in [0.25, 0.3) is 11.8 Å². The van der Waals surface area contributed by atoms with Gasteiger partial charge < -0.3 is 9.30 Å². The molecule has 3 rings (SSSR count). The van der Waals surface area contributed by atoms with Gasteiger partial charge in [0, 0.05) is 23.6 Å². The Hall–Kier alpha value is -3.14. The van der Waals surface area contributed by atoms with Gasteiger partial charge in [-0.25, -0.2) is 4.98 Å². The van der Waals surface area contributed by atoms with Crippen LogP contribution in [0.4, 0.5) is 0 Å². The molecular formula is C19H16N2O2. The summed E-state index contributed by atoms with van der Waals surface area (Å²) in [5, 5.41) is 0. The molecule has 0 radical (unpaired) electrons. The van der Waals surface area contributed by atoms with Crippen LogP contribution in [0.15, 0.2) is 73.3 Å². The summed E-state index contributed by atoms with van der Waals surface area (Å²) in [6, 6.07) is 15.0. The maximum atomic E-state index is 12.1. The first-order valence-electron chi connectivity index (χ1n) is 7.21. The number of allylic oxidation sites excluding steroid dienone is 1. The van der Waals surface area contributed by atoms with Gasteiger partial charge in [0.1, 0.15) is 5.75 Å². The normalized spacial score (nSPS) is 10.8. The zero-order valence-corrected chi connectivity index (χ0v) is 12.7. The van der Waals surface area contributed by atoms with Crippen LogP contribution in [0.3, 0.4) is 0 Å². The average molecular weight is 304 g/mol. The third-order valence-electron chi connectivity index (χ3n) is 3.50. The lowest BCUT2D eigenvalue weighted by molar-refractivity contribution is 0.104. The van der Waals surface area contributed by atoms with Gasteiger partial charge in [-0.05, 0) is 48.0 Å². The molecule has 0 atom stereocenters. The molecular weight excluding hydrogens is 288 g/mol. The van der Waals surface area contributed by atoms with Crippen LogP contribution in [0.5, 0.6) is 5.75 Å². The van der Waals surface area contributed by atoms with E-state index < -0.39 is 0 Å². The van der Waals surface area contributed by atoms with Gasteiger partial charge in [0.25, 0.3) is 0 Å². The molecule has 23 heavy (non-hydrogen) atoms. The van der Waals surface area contributed by atoms with E-state index in [9.17, 15) is 4.79 Å². The van der Waals surface area contributed by atoms with E-state index in [0.29, 0.717) is 5.56 Å². The van der Waals surface area contributed by atoms with E-state index in [-0.39, 0.29) is 5.78 Å². The average Bonchev–Trinajstić information content (AvgIpc) is 3.15. The Morgan fingerprint density at radius 3 is 2.43 bits per heavy atom. The van der Waals surface area contributed by atoms with E-state index in [1.54, 1.807) is 50.0 Å². The number of ether oxygens (including phenoxy) is 1. The number of nitrogens with zero attached hydrogens (tertiary/aromatic N) is 2. The van der Waals surface area contributed by atoms with Gasteiger partial charge in [0.2, 0.25) is 0 Å². The molecule has 3 aromatic rings. The number of carbonyl (C=O) groups is 1. The van der Waals surface area contributed by atoms with Gasteiger partial charge in [-0.15, -0.1) is 0 Å². The Kier molecular flexibility index (Phi) is 4.34. The van der Waals surface area contributed by atoms with Crippen LogP contribution in [0.2, 0.25) is 0 Å². The Morgan fingerprint density at radius 2 is 1.83 bits per heavy atom. The fourth-order valence-electron chi connectivity index (χ4n) is 2.19. The minimum Gasteiger partial charge on any atom is -0.497 e. The third kappa shape index (κ3) is 3.55. The second kappa shape index (κ2) is 6.75. The van der Waals surface area contributed by atoms with Gasteiger partial charge >= 0.3 is 0 Å². The van der Waals surface area contributed by atoms with Crippen molar-refractivity contribution in [1.29, 1.82) is 0 Å². The van der Waals surface area contributed by atoms with Gasteiger partial charge in [0.05, 0.1) is 13.4 Å². The van der Waals surface area contributed by atoms with Crippen molar-refractivity contribution in [3.8, 4) is 11.4 Å². The highest BCUT2D eigenvalue weighted by Crippen LogP contribution is 2.14. The lowest BCUT2D eigenvalue weighted by Crippen LogP contribution is -1.94. The zero-order valence-electron chi connectivity index (χ0n) is 12.7. The summed E-state index contributed by atoms with van der Waals surface area (Å²) < 4.78 is 7.01. The number of benzene rings is 2.